The molecule has 3 rings (SSSR count). The molecule has 0 unspecified atom stereocenters. The predicted octanol–water partition coefficient (Wildman–Crippen LogP) is 2.85. The number of hydrogen-bond acceptors (Lipinski definition) is 4. The molecule has 0 spiro atoms. The first kappa shape index (κ1) is 12.0. The van der Waals surface area contributed by atoms with Crippen LogP contribution >= 0.6 is 0 Å². The molecule has 0 atom stereocenters. The summed E-state index contributed by atoms with van der Waals surface area (Å²) in [6.07, 6.45) is 4.43. The lowest BCUT2D eigenvalue weighted by atomic mass is 10.1. The Labute approximate surface area is 113 Å². The van der Waals surface area contributed by atoms with Gasteiger partial charge in [0.1, 0.15) is 17.5 Å². The van der Waals surface area contributed by atoms with Crippen LogP contribution in [0.5, 0.6) is 0 Å². The fourth-order valence-corrected chi connectivity index (χ4v) is 2.54. The molecule has 1 aliphatic carbocycles. The fourth-order valence-electron chi connectivity index (χ4n) is 2.54. The summed E-state index contributed by atoms with van der Waals surface area (Å²) >= 11 is 0. The number of nitrogens with two attached hydrogens (primary N) is 1. The second-order valence-electron chi connectivity index (χ2n) is 4.91. The van der Waals surface area contributed by atoms with Crippen LogP contribution < -0.4 is 11.1 Å². The van der Waals surface area contributed by atoms with E-state index in [2.05, 4.69) is 33.5 Å². The molecule has 0 radical (unpaired) electrons. The van der Waals surface area contributed by atoms with Crippen molar-refractivity contribution in [1.82, 2.24) is 9.97 Å². The van der Waals surface area contributed by atoms with E-state index in [1.54, 1.807) is 6.07 Å². The summed E-state index contributed by atoms with van der Waals surface area (Å²) in [7, 11) is 0. The van der Waals surface area contributed by atoms with Crippen molar-refractivity contribution in [1.29, 1.82) is 0 Å². The van der Waals surface area contributed by atoms with Crippen LogP contribution in [-0.2, 0) is 19.3 Å². The minimum atomic E-state index is 0.510. The zero-order chi connectivity index (χ0) is 13.2. The number of rotatable bonds is 3. The topological polar surface area (TPSA) is 63.8 Å². The molecule has 4 nitrogen and oxygen atoms in total. The van der Waals surface area contributed by atoms with Gasteiger partial charge in [-0.2, -0.15) is 0 Å². The van der Waals surface area contributed by atoms with Gasteiger partial charge in [0.2, 0.25) is 0 Å². The van der Waals surface area contributed by atoms with Crippen LogP contribution in [0.15, 0.2) is 24.3 Å². The van der Waals surface area contributed by atoms with E-state index >= 15 is 0 Å². The minimum absolute atomic E-state index is 0.510. The molecule has 1 aromatic heterocycles. The van der Waals surface area contributed by atoms with Crippen molar-refractivity contribution in [2.24, 2.45) is 0 Å². The summed E-state index contributed by atoms with van der Waals surface area (Å²) in [6, 6.07) is 8.29. The third kappa shape index (κ3) is 2.52. The van der Waals surface area contributed by atoms with Gasteiger partial charge < -0.3 is 11.1 Å². The third-order valence-corrected chi connectivity index (χ3v) is 3.48. The van der Waals surface area contributed by atoms with E-state index in [1.807, 2.05) is 6.92 Å². The molecule has 1 heterocycles. The largest absolute Gasteiger partial charge is 0.384 e. The second-order valence-corrected chi connectivity index (χ2v) is 4.91. The number of anilines is 3. The minimum Gasteiger partial charge on any atom is -0.384 e. The molecule has 0 saturated heterocycles. The van der Waals surface area contributed by atoms with E-state index in [0.717, 1.165) is 23.8 Å². The standard InChI is InChI=1S/C15H18N4/c1-2-14-18-13(16)9-15(19-14)17-12-7-6-10-4-3-5-11(10)8-12/h6-9H,2-5H2,1H3,(H3,16,17,18,19). The second kappa shape index (κ2) is 4.88. The van der Waals surface area contributed by atoms with E-state index in [9.17, 15) is 0 Å². The highest BCUT2D eigenvalue weighted by atomic mass is 15.0. The van der Waals surface area contributed by atoms with Gasteiger partial charge in [-0.1, -0.05) is 13.0 Å². The van der Waals surface area contributed by atoms with Crippen molar-refractivity contribution in [2.75, 3.05) is 11.1 Å². The van der Waals surface area contributed by atoms with Crippen LogP contribution in [0.4, 0.5) is 17.3 Å². The van der Waals surface area contributed by atoms with Crippen LogP contribution in [0.2, 0.25) is 0 Å². The van der Waals surface area contributed by atoms with E-state index in [0.29, 0.717) is 5.82 Å². The van der Waals surface area contributed by atoms with E-state index in [-0.39, 0.29) is 0 Å². The monoisotopic (exact) mass is 254 g/mol. The van der Waals surface area contributed by atoms with Crippen molar-refractivity contribution in [3.8, 4) is 0 Å². The molecular formula is C15H18N4. The molecule has 1 aliphatic rings. The van der Waals surface area contributed by atoms with Gasteiger partial charge in [0.05, 0.1) is 0 Å². The average Bonchev–Trinajstić information content (AvgIpc) is 2.85. The Morgan fingerprint density at radius 2 is 2.00 bits per heavy atom. The quantitative estimate of drug-likeness (QED) is 0.884. The SMILES string of the molecule is CCc1nc(N)cc(Nc2ccc3c(c2)CCC3)n1. The number of benzene rings is 1. The molecular weight excluding hydrogens is 236 g/mol. The molecule has 19 heavy (non-hydrogen) atoms. The molecule has 3 N–H and O–H groups in total. The molecule has 0 aliphatic heterocycles. The number of aryl methyl sites for hydroxylation is 3. The maximum absolute atomic E-state index is 5.79. The average molecular weight is 254 g/mol. The molecule has 1 aromatic carbocycles. The Balaban J connectivity index is 1.86. The first-order valence-electron chi connectivity index (χ1n) is 6.77. The zero-order valence-electron chi connectivity index (χ0n) is 11.1. The summed E-state index contributed by atoms with van der Waals surface area (Å²) < 4.78 is 0. The molecule has 2 aromatic rings. The van der Waals surface area contributed by atoms with Gasteiger partial charge in [-0.05, 0) is 42.5 Å². The van der Waals surface area contributed by atoms with E-state index in [4.69, 9.17) is 5.73 Å². The Bertz CT molecular complexity index is 607. The van der Waals surface area contributed by atoms with Gasteiger partial charge in [-0.3, -0.25) is 0 Å². The van der Waals surface area contributed by atoms with Gasteiger partial charge >= 0.3 is 0 Å². The molecule has 0 saturated carbocycles. The lowest BCUT2D eigenvalue weighted by molar-refractivity contribution is 0.912. The number of nitrogens with one attached hydrogen (secondary N) is 1. The van der Waals surface area contributed by atoms with Crippen molar-refractivity contribution >= 4 is 17.3 Å². The highest BCUT2D eigenvalue weighted by Gasteiger charge is 2.11. The summed E-state index contributed by atoms with van der Waals surface area (Å²) in [5, 5.41) is 3.32. The number of fused-ring (bicyclic) bond motifs is 1. The van der Waals surface area contributed by atoms with Crippen LogP contribution in [0, 0.1) is 0 Å². The van der Waals surface area contributed by atoms with Crippen molar-refractivity contribution in [3.05, 3.63) is 41.2 Å². The summed E-state index contributed by atoms with van der Waals surface area (Å²) in [5.41, 5.74) is 9.78. The highest BCUT2D eigenvalue weighted by Crippen LogP contribution is 2.26. The lowest BCUT2D eigenvalue weighted by Crippen LogP contribution is -2.03. The number of nitrogens with zero attached hydrogens (tertiary/aromatic N) is 2. The molecule has 0 amide bonds. The van der Waals surface area contributed by atoms with Crippen LogP contribution in [0.3, 0.4) is 0 Å². The maximum Gasteiger partial charge on any atom is 0.136 e. The maximum atomic E-state index is 5.79. The van der Waals surface area contributed by atoms with E-state index in [1.165, 1.54) is 30.4 Å². The van der Waals surface area contributed by atoms with Crippen LogP contribution in [0.25, 0.3) is 0 Å². The Kier molecular flexibility index (Phi) is 3.07. The van der Waals surface area contributed by atoms with Gasteiger partial charge in [-0.25, -0.2) is 9.97 Å². The number of aromatic nitrogens is 2. The normalized spacial score (nSPS) is 13.3. The van der Waals surface area contributed by atoms with Crippen LogP contribution in [0.1, 0.15) is 30.3 Å². The first-order valence-corrected chi connectivity index (χ1v) is 6.77. The Morgan fingerprint density at radius 3 is 2.84 bits per heavy atom. The van der Waals surface area contributed by atoms with Crippen molar-refractivity contribution in [3.63, 3.8) is 0 Å². The molecule has 4 heteroatoms. The first-order chi connectivity index (χ1) is 9.24. The number of hydrogen-bond donors (Lipinski definition) is 2. The number of nitrogen functional groups attached to an aromatic ring is 1. The predicted molar refractivity (Wildman–Crippen MR) is 77.6 cm³/mol. The van der Waals surface area contributed by atoms with Gasteiger partial charge in [0.25, 0.3) is 0 Å². The van der Waals surface area contributed by atoms with Gasteiger partial charge in [-0.15, -0.1) is 0 Å². The summed E-state index contributed by atoms with van der Waals surface area (Å²) in [5.74, 6) is 2.04. The van der Waals surface area contributed by atoms with Crippen LogP contribution in [-0.4, -0.2) is 9.97 Å². The fraction of sp³-hybridized carbons (Fsp3) is 0.333. The molecule has 0 bridgehead atoms. The third-order valence-electron chi connectivity index (χ3n) is 3.48. The Morgan fingerprint density at radius 1 is 1.16 bits per heavy atom. The smallest absolute Gasteiger partial charge is 0.136 e. The lowest BCUT2D eigenvalue weighted by Gasteiger charge is -2.09. The highest BCUT2D eigenvalue weighted by molar-refractivity contribution is 5.60. The van der Waals surface area contributed by atoms with Gasteiger partial charge in [0.15, 0.2) is 0 Å². The van der Waals surface area contributed by atoms with Crippen molar-refractivity contribution in [2.45, 2.75) is 32.6 Å². The molecule has 0 fully saturated rings. The Hall–Kier alpha value is -2.10. The molecule has 98 valence electrons. The summed E-state index contributed by atoms with van der Waals surface area (Å²) in [4.78, 5) is 8.62. The summed E-state index contributed by atoms with van der Waals surface area (Å²) in [6.45, 7) is 2.02. The van der Waals surface area contributed by atoms with Gasteiger partial charge in [0, 0.05) is 18.2 Å². The van der Waals surface area contributed by atoms with E-state index < -0.39 is 0 Å². The zero-order valence-corrected chi connectivity index (χ0v) is 11.1. The van der Waals surface area contributed by atoms with Crippen molar-refractivity contribution < 1.29 is 0 Å².